The molecule has 2 aromatic rings. The van der Waals surface area contributed by atoms with Gasteiger partial charge in [0.1, 0.15) is 0 Å². The molecule has 1 heterocycles. The number of rotatable bonds is 4. The molecule has 0 unspecified atom stereocenters. The Bertz CT molecular complexity index is 803. The molecular formula is C21H28GaN2O+. The molecule has 3 rings (SSSR count). The molecule has 1 aliphatic rings. The second-order valence-corrected chi connectivity index (χ2v) is 13.4. The average Bonchev–Trinajstić information content (AvgIpc) is 2.92. The van der Waals surface area contributed by atoms with E-state index in [1.54, 1.807) is 6.07 Å². The van der Waals surface area contributed by atoms with Crippen LogP contribution in [0.3, 0.4) is 0 Å². The quantitative estimate of drug-likeness (QED) is 0.626. The average molecular weight is 394 g/mol. The van der Waals surface area contributed by atoms with Gasteiger partial charge >= 0.3 is 157 Å². The summed E-state index contributed by atoms with van der Waals surface area (Å²) in [6.07, 6.45) is 0. The van der Waals surface area contributed by atoms with E-state index in [-0.39, 0.29) is 0 Å². The van der Waals surface area contributed by atoms with Gasteiger partial charge in [0.2, 0.25) is 0 Å². The Morgan fingerprint density at radius 2 is 1.72 bits per heavy atom. The van der Waals surface area contributed by atoms with E-state index < -0.39 is 16.2 Å². The molecule has 1 N–H and O–H groups in total. The van der Waals surface area contributed by atoms with Crippen LogP contribution in [0.15, 0.2) is 36.4 Å². The summed E-state index contributed by atoms with van der Waals surface area (Å²) in [5.74, 6) is 0.402. The molecule has 25 heavy (non-hydrogen) atoms. The third-order valence-corrected chi connectivity index (χ3v) is 8.56. The van der Waals surface area contributed by atoms with Gasteiger partial charge < -0.3 is 0 Å². The SMILES string of the molecule is Cc1cc(C)c(N2CC[N+](Cc3ccccc3O)=[C]2[Ga]([CH3])[CH3])c(C)c1. The second-order valence-electron chi connectivity index (χ2n) is 7.46. The Morgan fingerprint density at radius 1 is 1.08 bits per heavy atom. The Balaban J connectivity index is 2.03. The number of nitrogens with zero attached hydrogens (tertiary/aromatic N) is 2. The zero-order valence-corrected chi connectivity index (χ0v) is 18.4. The molecule has 1 aliphatic heterocycles. The Hall–Kier alpha value is -1.65. The van der Waals surface area contributed by atoms with Gasteiger partial charge in [-0.25, -0.2) is 0 Å². The van der Waals surface area contributed by atoms with Crippen LogP contribution in [-0.4, -0.2) is 43.4 Å². The van der Waals surface area contributed by atoms with Gasteiger partial charge in [-0.2, -0.15) is 0 Å². The van der Waals surface area contributed by atoms with Gasteiger partial charge in [0.05, 0.1) is 0 Å². The fourth-order valence-electron chi connectivity index (χ4n) is 4.13. The molecule has 0 radical (unpaired) electrons. The molecule has 4 heteroatoms. The van der Waals surface area contributed by atoms with E-state index in [0.717, 1.165) is 25.2 Å². The standard InChI is InChI=1S/C19H22N2O.2CH3.Ga/c1-14-10-15(2)19(16(3)11-14)21-9-8-20(13-21)12-17-6-4-5-7-18(17)22;;;/h4-7,10-11,22H,8-9,12H2,1-3H3;2*1H3;/q+1;;;. The molecule has 2 aromatic carbocycles. The molecule has 0 amide bonds. The minimum absolute atomic E-state index is 0.402. The topological polar surface area (TPSA) is 26.5 Å². The van der Waals surface area contributed by atoms with Crippen molar-refractivity contribution in [3.63, 3.8) is 0 Å². The van der Waals surface area contributed by atoms with Crippen LogP contribution in [0, 0.1) is 20.8 Å². The van der Waals surface area contributed by atoms with Crippen molar-refractivity contribution in [3.8, 4) is 5.75 Å². The first-order valence-corrected chi connectivity index (χ1v) is 15.2. The van der Waals surface area contributed by atoms with Crippen molar-refractivity contribution in [2.24, 2.45) is 0 Å². The van der Waals surface area contributed by atoms with Crippen LogP contribution in [-0.2, 0) is 6.54 Å². The van der Waals surface area contributed by atoms with E-state index in [9.17, 15) is 5.11 Å². The number of para-hydroxylation sites is 1. The molecular weight excluding hydrogens is 366 g/mol. The van der Waals surface area contributed by atoms with E-state index >= 15 is 0 Å². The summed E-state index contributed by atoms with van der Waals surface area (Å²) in [7, 11) is 0. The van der Waals surface area contributed by atoms with Gasteiger partial charge in [0, 0.05) is 0 Å². The van der Waals surface area contributed by atoms with Gasteiger partial charge in [0.25, 0.3) is 0 Å². The summed E-state index contributed by atoms with van der Waals surface area (Å²) in [5.41, 5.74) is 11.3. The molecule has 0 spiro atoms. The van der Waals surface area contributed by atoms with Gasteiger partial charge in [-0.3, -0.25) is 0 Å². The predicted molar refractivity (Wildman–Crippen MR) is 107 cm³/mol. The fourth-order valence-corrected chi connectivity index (χ4v) is 7.98. The monoisotopic (exact) mass is 393 g/mol. The zero-order valence-electron chi connectivity index (χ0n) is 16.0. The summed E-state index contributed by atoms with van der Waals surface area (Å²) in [6.45, 7) is 9.49. The van der Waals surface area contributed by atoms with Crippen molar-refractivity contribution in [3.05, 3.63) is 58.7 Å². The molecule has 3 nitrogen and oxygen atoms in total. The van der Waals surface area contributed by atoms with E-state index in [1.807, 2.05) is 18.2 Å². The molecule has 130 valence electrons. The van der Waals surface area contributed by atoms with Crippen LogP contribution in [0.1, 0.15) is 22.3 Å². The molecule has 0 aliphatic carbocycles. The van der Waals surface area contributed by atoms with Crippen molar-refractivity contribution in [2.75, 3.05) is 18.0 Å². The number of hydrogen-bond donors (Lipinski definition) is 1. The molecule has 0 bridgehead atoms. The number of phenolic OH excluding ortho intramolecular Hbond substituents is 1. The van der Waals surface area contributed by atoms with Crippen LogP contribution in [0.4, 0.5) is 5.69 Å². The summed E-state index contributed by atoms with van der Waals surface area (Å²) < 4.78 is 4.03. The zero-order chi connectivity index (χ0) is 18.1. The molecule has 0 saturated carbocycles. The molecule has 0 fully saturated rings. The number of hydrogen-bond acceptors (Lipinski definition) is 2. The first kappa shape index (κ1) is 18.1. The van der Waals surface area contributed by atoms with Crippen LogP contribution in [0.25, 0.3) is 0 Å². The maximum atomic E-state index is 10.2. The molecule has 0 saturated heterocycles. The number of phenols is 1. The van der Waals surface area contributed by atoms with Crippen LogP contribution in [0.2, 0.25) is 11.0 Å². The normalized spacial score (nSPS) is 14.4. The van der Waals surface area contributed by atoms with Crippen LogP contribution < -0.4 is 4.90 Å². The first-order valence-electron chi connectivity index (χ1n) is 9.12. The third-order valence-electron chi connectivity index (χ3n) is 4.97. The van der Waals surface area contributed by atoms with E-state index in [2.05, 4.69) is 53.3 Å². The van der Waals surface area contributed by atoms with Crippen molar-refractivity contribution in [2.45, 2.75) is 38.3 Å². The van der Waals surface area contributed by atoms with Gasteiger partial charge in [0.15, 0.2) is 0 Å². The Kier molecular flexibility index (Phi) is 5.30. The van der Waals surface area contributed by atoms with Gasteiger partial charge in [-0.05, 0) is 0 Å². The van der Waals surface area contributed by atoms with Crippen LogP contribution in [0.5, 0.6) is 5.75 Å². The third kappa shape index (κ3) is 3.65. The molecule has 0 atom stereocenters. The number of anilines is 1. The number of amidine groups is 1. The van der Waals surface area contributed by atoms with Gasteiger partial charge in [-0.1, -0.05) is 0 Å². The van der Waals surface area contributed by atoms with E-state index in [0.29, 0.717) is 5.75 Å². The first-order chi connectivity index (χ1) is 11.9. The molecule has 0 aromatic heterocycles. The number of aromatic hydroxyl groups is 1. The summed E-state index contributed by atoms with van der Waals surface area (Å²) in [6, 6.07) is 12.3. The summed E-state index contributed by atoms with van der Waals surface area (Å²) in [5, 5.41) is 10.2. The number of aryl methyl sites for hydroxylation is 3. The second kappa shape index (κ2) is 7.30. The Morgan fingerprint density at radius 3 is 2.32 bits per heavy atom. The fraction of sp³-hybridized carbons (Fsp3) is 0.381. The number of benzene rings is 2. The van der Waals surface area contributed by atoms with Crippen molar-refractivity contribution in [1.29, 1.82) is 0 Å². The van der Waals surface area contributed by atoms with Crippen molar-refractivity contribution >= 4 is 26.3 Å². The minimum atomic E-state index is -1.54. The Labute approximate surface area is 156 Å². The van der Waals surface area contributed by atoms with Crippen molar-refractivity contribution in [1.82, 2.24) is 0 Å². The maximum absolute atomic E-state index is 10.2. The summed E-state index contributed by atoms with van der Waals surface area (Å²) >= 11 is -1.54. The van der Waals surface area contributed by atoms with E-state index in [4.69, 9.17) is 0 Å². The predicted octanol–water partition coefficient (Wildman–Crippen LogP) is 4.04. The van der Waals surface area contributed by atoms with Crippen molar-refractivity contribution < 1.29 is 9.68 Å². The van der Waals surface area contributed by atoms with Crippen LogP contribution >= 0.6 is 0 Å². The summed E-state index contributed by atoms with van der Waals surface area (Å²) in [4.78, 5) is 2.56. The van der Waals surface area contributed by atoms with Gasteiger partial charge in [-0.15, -0.1) is 0 Å². The van der Waals surface area contributed by atoms with E-state index in [1.165, 1.54) is 26.8 Å².